The van der Waals surface area contributed by atoms with Gasteiger partial charge in [-0.3, -0.25) is 15.1 Å². The Hall–Kier alpha value is -1.33. The van der Waals surface area contributed by atoms with Crippen LogP contribution in [-0.2, 0) is 11.3 Å². The summed E-state index contributed by atoms with van der Waals surface area (Å²) in [5.74, 6) is 6.77. The lowest BCUT2D eigenvalue weighted by Gasteiger charge is -2.23. The standard InChI is InChI=1S/C12H21N3O2/c1-9(4-7-12(16)14-13)15(3)8-11-6-5-10(2)17-11/h5-6,9H,4,7-8,13H2,1-3H3,(H,14,16). The molecule has 1 amide bonds. The van der Waals surface area contributed by atoms with Gasteiger partial charge in [-0.2, -0.15) is 0 Å². The first kappa shape index (κ1) is 13.7. The molecule has 1 aromatic heterocycles. The van der Waals surface area contributed by atoms with Crippen LogP contribution in [0.5, 0.6) is 0 Å². The predicted octanol–water partition coefficient (Wildman–Crippen LogP) is 1.18. The molecule has 0 aliphatic rings. The number of furan rings is 1. The summed E-state index contributed by atoms with van der Waals surface area (Å²) in [7, 11) is 2.02. The second-order valence-electron chi connectivity index (χ2n) is 4.38. The molecule has 0 fully saturated rings. The van der Waals surface area contributed by atoms with E-state index in [4.69, 9.17) is 10.3 Å². The fourth-order valence-electron chi connectivity index (χ4n) is 1.60. The van der Waals surface area contributed by atoms with Gasteiger partial charge in [-0.15, -0.1) is 0 Å². The molecule has 1 rings (SSSR count). The van der Waals surface area contributed by atoms with Crippen LogP contribution in [0.1, 0.15) is 31.3 Å². The van der Waals surface area contributed by atoms with Crippen LogP contribution in [0.15, 0.2) is 16.5 Å². The number of rotatable bonds is 6. The summed E-state index contributed by atoms with van der Waals surface area (Å²) in [5, 5.41) is 0. The van der Waals surface area contributed by atoms with Crippen LogP contribution in [0.2, 0.25) is 0 Å². The molecule has 1 aromatic rings. The van der Waals surface area contributed by atoms with Crippen molar-refractivity contribution in [2.75, 3.05) is 7.05 Å². The number of amides is 1. The Morgan fingerprint density at radius 2 is 2.29 bits per heavy atom. The molecule has 0 aromatic carbocycles. The highest BCUT2D eigenvalue weighted by molar-refractivity contribution is 5.75. The number of carbonyl (C=O) groups is 1. The number of hydrazine groups is 1. The van der Waals surface area contributed by atoms with Crippen molar-refractivity contribution in [1.29, 1.82) is 0 Å². The molecule has 1 atom stereocenters. The largest absolute Gasteiger partial charge is 0.465 e. The van der Waals surface area contributed by atoms with Gasteiger partial charge in [0, 0.05) is 12.5 Å². The number of nitrogens with zero attached hydrogens (tertiary/aromatic N) is 1. The summed E-state index contributed by atoms with van der Waals surface area (Å²) in [6.45, 7) is 4.76. The summed E-state index contributed by atoms with van der Waals surface area (Å²) in [6.07, 6.45) is 1.22. The van der Waals surface area contributed by atoms with Crippen molar-refractivity contribution in [3.05, 3.63) is 23.7 Å². The lowest BCUT2D eigenvalue weighted by Crippen LogP contribution is -2.33. The summed E-state index contributed by atoms with van der Waals surface area (Å²) in [6, 6.07) is 4.23. The number of hydrogen-bond donors (Lipinski definition) is 2. The van der Waals surface area contributed by atoms with Gasteiger partial charge in [0.1, 0.15) is 11.5 Å². The van der Waals surface area contributed by atoms with E-state index in [1.165, 1.54) is 0 Å². The molecular formula is C12H21N3O2. The van der Waals surface area contributed by atoms with E-state index in [1.54, 1.807) is 0 Å². The van der Waals surface area contributed by atoms with Crippen LogP contribution in [0.3, 0.4) is 0 Å². The van der Waals surface area contributed by atoms with Gasteiger partial charge in [-0.25, -0.2) is 5.84 Å². The van der Waals surface area contributed by atoms with Gasteiger partial charge >= 0.3 is 0 Å². The van der Waals surface area contributed by atoms with Crippen LogP contribution >= 0.6 is 0 Å². The van der Waals surface area contributed by atoms with Crippen LogP contribution in [0, 0.1) is 6.92 Å². The molecule has 5 nitrogen and oxygen atoms in total. The van der Waals surface area contributed by atoms with Crippen molar-refractivity contribution in [1.82, 2.24) is 10.3 Å². The lowest BCUT2D eigenvalue weighted by atomic mass is 10.1. The summed E-state index contributed by atoms with van der Waals surface area (Å²) < 4.78 is 5.51. The first-order valence-corrected chi connectivity index (χ1v) is 5.78. The molecule has 0 bridgehead atoms. The van der Waals surface area contributed by atoms with Crippen LogP contribution < -0.4 is 11.3 Å². The summed E-state index contributed by atoms with van der Waals surface area (Å²) in [5.41, 5.74) is 2.14. The Labute approximate surface area is 102 Å². The first-order chi connectivity index (χ1) is 8.02. The third-order valence-corrected chi connectivity index (χ3v) is 2.90. The van der Waals surface area contributed by atoms with Crippen molar-refractivity contribution < 1.29 is 9.21 Å². The van der Waals surface area contributed by atoms with Gasteiger partial charge in [-0.1, -0.05) is 0 Å². The average molecular weight is 239 g/mol. The Balaban J connectivity index is 2.36. The maximum Gasteiger partial charge on any atom is 0.233 e. The van der Waals surface area contributed by atoms with Gasteiger partial charge in [0.2, 0.25) is 5.91 Å². The first-order valence-electron chi connectivity index (χ1n) is 5.78. The highest BCUT2D eigenvalue weighted by Gasteiger charge is 2.12. The molecular weight excluding hydrogens is 218 g/mol. The third-order valence-electron chi connectivity index (χ3n) is 2.90. The zero-order valence-electron chi connectivity index (χ0n) is 10.7. The molecule has 0 saturated carbocycles. The summed E-state index contributed by atoms with van der Waals surface area (Å²) in [4.78, 5) is 13.2. The second kappa shape index (κ2) is 6.42. The van der Waals surface area contributed by atoms with E-state index in [1.807, 2.05) is 26.1 Å². The smallest absolute Gasteiger partial charge is 0.233 e. The Morgan fingerprint density at radius 1 is 1.59 bits per heavy atom. The maximum atomic E-state index is 11.0. The Morgan fingerprint density at radius 3 is 2.82 bits per heavy atom. The van der Waals surface area contributed by atoms with Gasteiger partial charge in [-0.05, 0) is 39.4 Å². The molecule has 5 heteroatoms. The van der Waals surface area contributed by atoms with Crippen molar-refractivity contribution >= 4 is 5.91 Å². The minimum Gasteiger partial charge on any atom is -0.465 e. The number of hydrogen-bond acceptors (Lipinski definition) is 4. The fraction of sp³-hybridized carbons (Fsp3) is 0.583. The van der Waals surface area contributed by atoms with E-state index in [-0.39, 0.29) is 5.91 Å². The molecule has 3 N–H and O–H groups in total. The minimum atomic E-state index is -0.126. The molecule has 0 radical (unpaired) electrons. The Bertz CT molecular complexity index is 362. The van der Waals surface area contributed by atoms with Gasteiger partial charge in [0.05, 0.1) is 6.54 Å². The fourth-order valence-corrected chi connectivity index (χ4v) is 1.60. The number of nitrogens with one attached hydrogen (secondary N) is 1. The quantitative estimate of drug-likeness (QED) is 0.444. The molecule has 0 spiro atoms. The van der Waals surface area contributed by atoms with Crippen molar-refractivity contribution in [2.45, 2.75) is 39.3 Å². The molecule has 1 heterocycles. The maximum absolute atomic E-state index is 11.0. The normalized spacial score (nSPS) is 12.8. The van der Waals surface area contributed by atoms with E-state index < -0.39 is 0 Å². The molecule has 96 valence electrons. The molecule has 0 aliphatic heterocycles. The van der Waals surface area contributed by atoms with Crippen LogP contribution in [0.25, 0.3) is 0 Å². The topological polar surface area (TPSA) is 71.5 Å². The van der Waals surface area contributed by atoms with Gasteiger partial charge < -0.3 is 4.42 Å². The molecule has 0 saturated heterocycles. The van der Waals surface area contributed by atoms with E-state index in [2.05, 4.69) is 17.2 Å². The number of carbonyl (C=O) groups excluding carboxylic acids is 1. The van der Waals surface area contributed by atoms with Gasteiger partial charge in [0.15, 0.2) is 0 Å². The molecule has 1 unspecified atom stereocenters. The zero-order chi connectivity index (χ0) is 12.8. The average Bonchev–Trinajstić information content (AvgIpc) is 2.70. The van der Waals surface area contributed by atoms with Crippen molar-refractivity contribution in [3.63, 3.8) is 0 Å². The predicted molar refractivity (Wildman–Crippen MR) is 65.9 cm³/mol. The van der Waals surface area contributed by atoms with Crippen LogP contribution in [0.4, 0.5) is 0 Å². The number of aryl methyl sites for hydroxylation is 1. The number of nitrogens with two attached hydrogens (primary N) is 1. The van der Waals surface area contributed by atoms with Crippen LogP contribution in [-0.4, -0.2) is 23.9 Å². The SMILES string of the molecule is Cc1ccc(CN(C)C(C)CCC(=O)NN)o1. The highest BCUT2D eigenvalue weighted by Crippen LogP contribution is 2.12. The van der Waals surface area contributed by atoms with E-state index >= 15 is 0 Å². The second-order valence-corrected chi connectivity index (χ2v) is 4.38. The van der Waals surface area contributed by atoms with E-state index in [9.17, 15) is 4.79 Å². The zero-order valence-corrected chi connectivity index (χ0v) is 10.7. The Kier molecular flexibility index (Phi) is 5.18. The van der Waals surface area contributed by atoms with Gasteiger partial charge in [0.25, 0.3) is 0 Å². The highest BCUT2D eigenvalue weighted by atomic mass is 16.3. The van der Waals surface area contributed by atoms with Crippen molar-refractivity contribution in [2.24, 2.45) is 5.84 Å². The van der Waals surface area contributed by atoms with E-state index in [0.717, 1.165) is 24.5 Å². The molecule has 0 aliphatic carbocycles. The molecule has 17 heavy (non-hydrogen) atoms. The van der Waals surface area contributed by atoms with Crippen molar-refractivity contribution in [3.8, 4) is 0 Å². The monoisotopic (exact) mass is 239 g/mol. The minimum absolute atomic E-state index is 0.126. The third kappa shape index (κ3) is 4.58. The lowest BCUT2D eigenvalue weighted by molar-refractivity contribution is -0.121. The summed E-state index contributed by atoms with van der Waals surface area (Å²) >= 11 is 0. The van der Waals surface area contributed by atoms with E-state index in [0.29, 0.717) is 12.5 Å².